The Labute approximate surface area is 106 Å². The zero-order valence-electron chi connectivity index (χ0n) is 10.5. The van der Waals surface area contributed by atoms with Gasteiger partial charge in [-0.05, 0) is 42.9 Å². The summed E-state index contributed by atoms with van der Waals surface area (Å²) in [4.78, 5) is 0.334. The molecule has 0 aliphatic rings. The van der Waals surface area contributed by atoms with Crippen molar-refractivity contribution in [2.45, 2.75) is 45.4 Å². The van der Waals surface area contributed by atoms with Gasteiger partial charge in [0.25, 0.3) is 0 Å². The van der Waals surface area contributed by atoms with E-state index in [-0.39, 0.29) is 5.82 Å². The summed E-state index contributed by atoms with van der Waals surface area (Å²) in [5.74, 6) is 0.613. The molecule has 2 heteroatoms. The van der Waals surface area contributed by atoms with Crippen LogP contribution in [0.15, 0.2) is 12.1 Å². The second-order valence-electron chi connectivity index (χ2n) is 4.69. The maximum atomic E-state index is 13.5. The first-order chi connectivity index (χ1) is 7.45. The maximum absolute atomic E-state index is 13.5. The zero-order chi connectivity index (χ0) is 12.3. The minimum absolute atomic E-state index is 0.0769. The van der Waals surface area contributed by atoms with Crippen LogP contribution in [0.1, 0.15) is 48.2 Å². The van der Waals surface area contributed by atoms with E-state index < -0.39 is 0 Å². The van der Waals surface area contributed by atoms with Crippen molar-refractivity contribution >= 4 is 15.9 Å². The monoisotopic (exact) mass is 286 g/mol. The lowest BCUT2D eigenvalue weighted by Crippen LogP contribution is -2.00. The van der Waals surface area contributed by atoms with Crippen molar-refractivity contribution in [1.82, 2.24) is 0 Å². The van der Waals surface area contributed by atoms with Crippen molar-refractivity contribution in [1.29, 1.82) is 0 Å². The molecule has 90 valence electrons. The Bertz CT molecular complexity index is 337. The number of benzene rings is 1. The molecule has 0 spiro atoms. The highest BCUT2D eigenvalue weighted by Crippen LogP contribution is 2.32. The van der Waals surface area contributed by atoms with Crippen LogP contribution in [0.2, 0.25) is 0 Å². The molecule has 0 heterocycles. The van der Waals surface area contributed by atoms with E-state index in [1.165, 1.54) is 12.0 Å². The molecule has 0 fully saturated rings. The molecule has 0 amide bonds. The second kappa shape index (κ2) is 5.81. The predicted octanol–water partition coefficient (Wildman–Crippen LogP) is 5.31. The molecule has 1 rings (SSSR count). The largest absolute Gasteiger partial charge is 0.206 e. The molecule has 0 nitrogen and oxygen atoms in total. The van der Waals surface area contributed by atoms with Gasteiger partial charge in [-0.3, -0.25) is 0 Å². The first-order valence-corrected chi connectivity index (χ1v) is 6.78. The molecule has 1 aromatic carbocycles. The van der Waals surface area contributed by atoms with Gasteiger partial charge < -0.3 is 0 Å². The number of aryl methyl sites for hydroxylation is 2. The Morgan fingerprint density at radius 3 is 2.19 bits per heavy atom. The number of rotatable bonds is 4. The Morgan fingerprint density at radius 2 is 1.75 bits per heavy atom. The van der Waals surface area contributed by atoms with Crippen LogP contribution >= 0.6 is 15.9 Å². The SMILES string of the molecule is CCC(C)CC(Br)c1cc(C)c(F)c(C)c1. The molecule has 2 atom stereocenters. The molecule has 0 saturated carbocycles. The van der Waals surface area contributed by atoms with E-state index in [2.05, 4.69) is 29.8 Å². The van der Waals surface area contributed by atoms with Gasteiger partial charge in [0.2, 0.25) is 0 Å². The third kappa shape index (κ3) is 3.31. The van der Waals surface area contributed by atoms with Crippen LogP contribution in [0, 0.1) is 25.6 Å². The van der Waals surface area contributed by atoms with Crippen molar-refractivity contribution in [3.05, 3.63) is 34.6 Å². The summed E-state index contributed by atoms with van der Waals surface area (Å²) in [5, 5.41) is 0. The molecular formula is C14H20BrF. The lowest BCUT2D eigenvalue weighted by atomic mass is 9.96. The van der Waals surface area contributed by atoms with Gasteiger partial charge >= 0.3 is 0 Å². The van der Waals surface area contributed by atoms with Crippen molar-refractivity contribution < 1.29 is 4.39 Å². The zero-order valence-corrected chi connectivity index (χ0v) is 12.1. The Balaban J connectivity index is 2.88. The predicted molar refractivity (Wildman–Crippen MR) is 71.6 cm³/mol. The molecule has 0 radical (unpaired) electrons. The van der Waals surface area contributed by atoms with E-state index in [1.54, 1.807) is 0 Å². The lowest BCUT2D eigenvalue weighted by Gasteiger charge is -2.16. The maximum Gasteiger partial charge on any atom is 0.129 e. The lowest BCUT2D eigenvalue weighted by molar-refractivity contribution is 0.513. The molecule has 0 N–H and O–H groups in total. The summed E-state index contributed by atoms with van der Waals surface area (Å²) in [6, 6.07) is 3.90. The molecule has 0 saturated heterocycles. The first-order valence-electron chi connectivity index (χ1n) is 5.86. The highest BCUT2D eigenvalue weighted by molar-refractivity contribution is 9.09. The molecular weight excluding hydrogens is 267 g/mol. The normalized spacial score (nSPS) is 14.9. The molecule has 0 aliphatic heterocycles. The van der Waals surface area contributed by atoms with E-state index in [0.717, 1.165) is 17.5 Å². The Morgan fingerprint density at radius 1 is 1.25 bits per heavy atom. The molecule has 16 heavy (non-hydrogen) atoms. The summed E-state index contributed by atoms with van der Waals surface area (Å²) in [5.41, 5.74) is 2.67. The third-order valence-corrected chi connectivity index (χ3v) is 4.03. The van der Waals surface area contributed by atoms with Crippen LogP contribution in [0.25, 0.3) is 0 Å². The molecule has 1 aromatic rings. The van der Waals surface area contributed by atoms with Gasteiger partial charge in [0.15, 0.2) is 0 Å². The number of alkyl halides is 1. The number of halogens is 2. The Hall–Kier alpha value is -0.370. The van der Waals surface area contributed by atoms with Crippen LogP contribution in [0.5, 0.6) is 0 Å². The Kier molecular flexibility index (Phi) is 4.97. The highest BCUT2D eigenvalue weighted by Gasteiger charge is 2.13. The van der Waals surface area contributed by atoms with E-state index >= 15 is 0 Å². The summed E-state index contributed by atoms with van der Waals surface area (Å²) < 4.78 is 13.5. The van der Waals surface area contributed by atoms with E-state index in [0.29, 0.717) is 10.7 Å². The van der Waals surface area contributed by atoms with Crippen LogP contribution < -0.4 is 0 Å². The van der Waals surface area contributed by atoms with Gasteiger partial charge in [0, 0.05) is 4.83 Å². The minimum atomic E-state index is -0.0769. The minimum Gasteiger partial charge on any atom is -0.206 e. The van der Waals surface area contributed by atoms with Crippen LogP contribution in [-0.2, 0) is 0 Å². The van der Waals surface area contributed by atoms with E-state index in [1.807, 2.05) is 26.0 Å². The first kappa shape index (κ1) is 13.7. The fourth-order valence-corrected chi connectivity index (χ4v) is 2.72. The van der Waals surface area contributed by atoms with Gasteiger partial charge in [-0.15, -0.1) is 0 Å². The molecule has 0 bridgehead atoms. The van der Waals surface area contributed by atoms with Crippen LogP contribution in [0.4, 0.5) is 4.39 Å². The van der Waals surface area contributed by atoms with Crippen molar-refractivity contribution in [3.8, 4) is 0 Å². The summed E-state index contributed by atoms with van der Waals surface area (Å²) in [6.07, 6.45) is 2.28. The second-order valence-corrected chi connectivity index (χ2v) is 5.79. The highest BCUT2D eigenvalue weighted by atomic mass is 79.9. The summed E-state index contributed by atoms with van der Waals surface area (Å²) >= 11 is 3.70. The standard InChI is InChI=1S/C14H20BrF/c1-5-9(2)6-13(15)12-7-10(3)14(16)11(4)8-12/h7-9,13H,5-6H2,1-4H3. The summed E-state index contributed by atoms with van der Waals surface area (Å²) in [7, 11) is 0. The van der Waals surface area contributed by atoms with Crippen molar-refractivity contribution in [3.63, 3.8) is 0 Å². The van der Waals surface area contributed by atoms with Crippen molar-refractivity contribution in [2.24, 2.45) is 5.92 Å². The molecule has 2 unspecified atom stereocenters. The van der Waals surface area contributed by atoms with Gasteiger partial charge in [0.1, 0.15) is 5.82 Å². The van der Waals surface area contributed by atoms with Gasteiger partial charge in [-0.25, -0.2) is 4.39 Å². The summed E-state index contributed by atoms with van der Waals surface area (Å²) in [6.45, 7) is 8.10. The smallest absolute Gasteiger partial charge is 0.129 e. The van der Waals surface area contributed by atoms with E-state index in [4.69, 9.17) is 0 Å². The van der Waals surface area contributed by atoms with Crippen molar-refractivity contribution in [2.75, 3.05) is 0 Å². The average Bonchev–Trinajstić information content (AvgIpc) is 2.24. The quantitative estimate of drug-likeness (QED) is 0.658. The third-order valence-electron chi connectivity index (χ3n) is 3.13. The average molecular weight is 287 g/mol. The molecule has 0 aliphatic carbocycles. The van der Waals surface area contributed by atoms with Gasteiger partial charge in [0.05, 0.1) is 0 Å². The number of hydrogen-bond donors (Lipinski definition) is 0. The topological polar surface area (TPSA) is 0 Å². The van der Waals surface area contributed by atoms with Crippen LogP contribution in [-0.4, -0.2) is 0 Å². The number of hydrogen-bond acceptors (Lipinski definition) is 0. The molecule has 0 aromatic heterocycles. The van der Waals surface area contributed by atoms with E-state index in [9.17, 15) is 4.39 Å². The van der Waals surface area contributed by atoms with Gasteiger partial charge in [-0.2, -0.15) is 0 Å². The fraction of sp³-hybridized carbons (Fsp3) is 0.571. The van der Waals surface area contributed by atoms with Crippen LogP contribution in [0.3, 0.4) is 0 Å². The fourth-order valence-electron chi connectivity index (χ4n) is 1.82. The van der Waals surface area contributed by atoms with Gasteiger partial charge in [-0.1, -0.05) is 48.3 Å².